The lowest BCUT2D eigenvalue weighted by Crippen LogP contribution is -2.30. The molecular formula is C68H128O17P2. The van der Waals surface area contributed by atoms with Gasteiger partial charge in [-0.3, -0.25) is 37.3 Å². The van der Waals surface area contributed by atoms with Gasteiger partial charge in [0.25, 0.3) is 0 Å². The van der Waals surface area contributed by atoms with E-state index in [4.69, 9.17) is 37.0 Å². The molecule has 0 aromatic heterocycles. The third-order valence-electron chi connectivity index (χ3n) is 15.4. The minimum Gasteiger partial charge on any atom is -0.462 e. The van der Waals surface area contributed by atoms with Crippen molar-refractivity contribution < 1.29 is 80.2 Å². The summed E-state index contributed by atoms with van der Waals surface area (Å²) in [5.74, 6) is -0.708. The van der Waals surface area contributed by atoms with Crippen molar-refractivity contribution in [2.75, 3.05) is 39.6 Å². The minimum absolute atomic E-state index is 0.0842. The van der Waals surface area contributed by atoms with Gasteiger partial charge in [0.2, 0.25) is 0 Å². The van der Waals surface area contributed by atoms with Crippen LogP contribution in [0, 0.1) is 11.8 Å². The van der Waals surface area contributed by atoms with Crippen LogP contribution in [0.5, 0.6) is 0 Å². The SMILES string of the molecule is CCCCCC/C=C\C=C/CCCCCCCC(=O)O[C@H](COC(=O)CCCCCCCCCCC(C)CC)COP(=O)(O)OC[C@@H](O)COP(=O)(O)OC[C@@H](COC(=O)CCCCCCCCC(C)C)OC(=O)CCCCCCCCCCCCC. The number of rotatable bonds is 65. The number of unbranched alkanes of at least 4 members (excludes halogenated alkanes) is 31. The monoisotopic (exact) mass is 1280 g/mol. The third-order valence-corrected chi connectivity index (χ3v) is 17.3. The lowest BCUT2D eigenvalue weighted by atomic mass is 9.99. The average molecular weight is 1280 g/mol. The standard InChI is InChI=1S/C68H128O17P2/c1-7-10-12-14-16-18-20-21-22-23-25-27-33-41-47-53-68(73)84-63(56-78-65(70)50-44-38-31-29-28-30-37-43-49-61(6)9-3)58-82-86(74,75)80-54-62(69)55-81-87(76,77)83-59-64(57-79-66(71)51-45-39-35-34-36-42-48-60(4)5)85-67(72)52-46-40-32-26-24-19-17-15-13-11-8-2/h18,20-22,60-64,69H,7-17,19,23-59H2,1-6H3,(H,74,75)(H,76,77)/b20-18-,22-21-/t61?,62-,63-,64-/m1/s1. The van der Waals surface area contributed by atoms with E-state index in [0.717, 1.165) is 115 Å². The molecule has 0 aliphatic heterocycles. The van der Waals surface area contributed by atoms with E-state index in [1.807, 2.05) is 0 Å². The molecule has 0 amide bonds. The van der Waals surface area contributed by atoms with Crippen molar-refractivity contribution in [3.8, 4) is 0 Å². The summed E-state index contributed by atoms with van der Waals surface area (Å²) in [5, 5.41) is 10.6. The van der Waals surface area contributed by atoms with E-state index >= 15 is 0 Å². The first-order valence-electron chi connectivity index (χ1n) is 34.8. The number of hydrogen-bond acceptors (Lipinski definition) is 15. The molecule has 17 nitrogen and oxygen atoms in total. The van der Waals surface area contributed by atoms with Gasteiger partial charge in [0.1, 0.15) is 19.3 Å². The number of carbonyl (C=O) groups is 4. The third kappa shape index (κ3) is 60.9. The first-order chi connectivity index (χ1) is 41.9. The summed E-state index contributed by atoms with van der Waals surface area (Å²) < 4.78 is 68.1. The van der Waals surface area contributed by atoms with Crippen molar-refractivity contribution in [2.45, 2.75) is 336 Å². The molecule has 0 saturated heterocycles. The van der Waals surface area contributed by atoms with Gasteiger partial charge < -0.3 is 33.8 Å². The van der Waals surface area contributed by atoms with Crippen molar-refractivity contribution in [1.82, 2.24) is 0 Å². The predicted molar refractivity (Wildman–Crippen MR) is 349 cm³/mol. The Kier molecular flexibility index (Phi) is 58.1. The number of phosphoric ester groups is 2. The highest BCUT2D eigenvalue weighted by Crippen LogP contribution is 2.45. The number of allylic oxidation sites excluding steroid dienone is 4. The Hall–Kier alpha value is -2.46. The molecule has 0 fully saturated rings. The van der Waals surface area contributed by atoms with Gasteiger partial charge in [-0.15, -0.1) is 0 Å². The largest absolute Gasteiger partial charge is 0.472 e. The van der Waals surface area contributed by atoms with Gasteiger partial charge >= 0.3 is 39.5 Å². The molecule has 19 heteroatoms. The highest BCUT2D eigenvalue weighted by atomic mass is 31.2. The van der Waals surface area contributed by atoms with Gasteiger partial charge in [-0.1, -0.05) is 265 Å². The number of aliphatic hydroxyl groups is 1. The van der Waals surface area contributed by atoms with E-state index in [1.54, 1.807) is 0 Å². The molecule has 0 radical (unpaired) electrons. The number of ether oxygens (including phenoxy) is 4. The molecule has 512 valence electrons. The number of phosphoric acid groups is 2. The molecule has 0 aromatic carbocycles. The van der Waals surface area contributed by atoms with Gasteiger partial charge in [0, 0.05) is 25.7 Å². The Morgan fingerprint density at radius 2 is 0.678 bits per heavy atom. The summed E-state index contributed by atoms with van der Waals surface area (Å²) in [6.07, 6.45) is 46.7. The second kappa shape index (κ2) is 59.8. The second-order valence-corrected chi connectivity index (χ2v) is 27.5. The van der Waals surface area contributed by atoms with Crippen LogP contribution in [0.25, 0.3) is 0 Å². The van der Waals surface area contributed by atoms with E-state index in [9.17, 15) is 43.2 Å². The number of hydrogen-bond donors (Lipinski definition) is 3. The smallest absolute Gasteiger partial charge is 0.462 e. The number of aliphatic hydroxyl groups excluding tert-OH is 1. The van der Waals surface area contributed by atoms with Crippen LogP contribution in [-0.4, -0.2) is 96.7 Å². The molecule has 0 aliphatic carbocycles. The maximum atomic E-state index is 13.0. The Balaban J connectivity index is 5.29. The fourth-order valence-corrected chi connectivity index (χ4v) is 11.2. The molecule has 0 heterocycles. The molecule has 0 spiro atoms. The molecular weight excluding hydrogens is 1150 g/mol. The highest BCUT2D eigenvalue weighted by molar-refractivity contribution is 7.47. The van der Waals surface area contributed by atoms with E-state index in [2.05, 4.69) is 65.8 Å². The molecule has 0 saturated carbocycles. The van der Waals surface area contributed by atoms with Crippen molar-refractivity contribution in [3.63, 3.8) is 0 Å². The van der Waals surface area contributed by atoms with E-state index in [0.29, 0.717) is 31.6 Å². The zero-order valence-electron chi connectivity index (χ0n) is 55.8. The maximum Gasteiger partial charge on any atom is 0.472 e. The molecule has 3 unspecified atom stereocenters. The molecule has 0 aliphatic rings. The summed E-state index contributed by atoms with van der Waals surface area (Å²) in [5.41, 5.74) is 0. The van der Waals surface area contributed by atoms with Crippen LogP contribution in [-0.2, 0) is 65.4 Å². The normalized spacial score (nSPS) is 14.7. The minimum atomic E-state index is -4.96. The van der Waals surface area contributed by atoms with Crippen LogP contribution >= 0.6 is 15.6 Å². The van der Waals surface area contributed by atoms with Crippen molar-refractivity contribution in [1.29, 1.82) is 0 Å². The molecule has 0 bridgehead atoms. The Bertz CT molecular complexity index is 1800. The topological polar surface area (TPSA) is 237 Å². The Labute approximate surface area is 529 Å². The molecule has 3 N–H and O–H groups in total. The molecule has 0 rings (SSSR count). The highest BCUT2D eigenvalue weighted by Gasteiger charge is 2.30. The second-order valence-electron chi connectivity index (χ2n) is 24.6. The Morgan fingerprint density at radius 3 is 1.03 bits per heavy atom. The van der Waals surface area contributed by atoms with Gasteiger partial charge in [-0.25, -0.2) is 9.13 Å². The fraction of sp³-hybridized carbons (Fsp3) is 0.882. The zero-order chi connectivity index (χ0) is 64.3. The molecule has 0 aromatic rings. The first-order valence-corrected chi connectivity index (χ1v) is 37.8. The van der Waals surface area contributed by atoms with Crippen LogP contribution < -0.4 is 0 Å². The van der Waals surface area contributed by atoms with Crippen LogP contribution in [0.3, 0.4) is 0 Å². The van der Waals surface area contributed by atoms with Crippen LogP contribution in [0.1, 0.15) is 318 Å². The Morgan fingerprint density at radius 1 is 0.379 bits per heavy atom. The summed E-state index contributed by atoms with van der Waals surface area (Å²) in [6, 6.07) is 0. The molecule has 87 heavy (non-hydrogen) atoms. The first kappa shape index (κ1) is 84.5. The van der Waals surface area contributed by atoms with Crippen molar-refractivity contribution in [3.05, 3.63) is 24.3 Å². The number of carbonyl (C=O) groups excluding carboxylic acids is 4. The average Bonchev–Trinajstić information content (AvgIpc) is 3.69. The van der Waals surface area contributed by atoms with Gasteiger partial charge in [0.05, 0.1) is 26.4 Å². The van der Waals surface area contributed by atoms with Crippen molar-refractivity contribution >= 4 is 39.5 Å². The lowest BCUT2D eigenvalue weighted by molar-refractivity contribution is -0.161. The van der Waals surface area contributed by atoms with Gasteiger partial charge in [-0.2, -0.15) is 0 Å². The summed E-state index contributed by atoms with van der Waals surface area (Å²) in [7, 11) is -9.91. The quantitative estimate of drug-likeness (QED) is 0.0169. The van der Waals surface area contributed by atoms with E-state index in [1.165, 1.54) is 116 Å². The van der Waals surface area contributed by atoms with Crippen LogP contribution in [0.2, 0.25) is 0 Å². The van der Waals surface area contributed by atoms with Crippen molar-refractivity contribution in [2.24, 2.45) is 11.8 Å². The summed E-state index contributed by atoms with van der Waals surface area (Å²) in [6.45, 7) is 9.37. The zero-order valence-corrected chi connectivity index (χ0v) is 57.6. The molecule has 6 atom stereocenters. The van der Waals surface area contributed by atoms with E-state index in [-0.39, 0.29) is 25.7 Å². The lowest BCUT2D eigenvalue weighted by Gasteiger charge is -2.21. The van der Waals surface area contributed by atoms with Gasteiger partial charge in [0.15, 0.2) is 12.2 Å². The summed E-state index contributed by atoms with van der Waals surface area (Å²) >= 11 is 0. The maximum absolute atomic E-state index is 13.0. The van der Waals surface area contributed by atoms with E-state index < -0.39 is 97.5 Å². The summed E-state index contributed by atoms with van der Waals surface area (Å²) in [4.78, 5) is 72.4. The van der Waals surface area contributed by atoms with Crippen LogP contribution in [0.4, 0.5) is 0 Å². The number of esters is 4. The fourth-order valence-electron chi connectivity index (χ4n) is 9.67. The van der Waals surface area contributed by atoms with Crippen LogP contribution in [0.15, 0.2) is 24.3 Å². The van der Waals surface area contributed by atoms with Gasteiger partial charge in [-0.05, 0) is 63.2 Å². The predicted octanol–water partition coefficient (Wildman–Crippen LogP) is 18.8.